The highest BCUT2D eigenvalue weighted by Crippen LogP contribution is 2.29. The van der Waals surface area contributed by atoms with Gasteiger partial charge in [-0.15, -0.1) is 11.3 Å². The Morgan fingerprint density at radius 2 is 2.21 bits per heavy atom. The number of esters is 1. The Morgan fingerprint density at radius 3 is 2.93 bits per heavy atom. The number of halogens is 1. The van der Waals surface area contributed by atoms with Crippen molar-refractivity contribution in [2.45, 2.75) is 26.7 Å². The summed E-state index contributed by atoms with van der Waals surface area (Å²) in [5.74, 6) is -1.24. The van der Waals surface area contributed by atoms with Crippen LogP contribution in [0.25, 0.3) is 0 Å². The largest absolute Gasteiger partial charge is 0.466 e. The minimum Gasteiger partial charge on any atom is -0.466 e. The van der Waals surface area contributed by atoms with E-state index in [9.17, 15) is 14.4 Å². The lowest BCUT2D eigenvalue weighted by Crippen LogP contribution is -2.28. The van der Waals surface area contributed by atoms with E-state index >= 15 is 0 Å². The zero-order valence-corrected chi connectivity index (χ0v) is 17.1. The average molecular weight is 422 g/mol. The van der Waals surface area contributed by atoms with Gasteiger partial charge in [0, 0.05) is 29.1 Å². The molecule has 3 rings (SSSR count). The van der Waals surface area contributed by atoms with Crippen molar-refractivity contribution < 1.29 is 19.1 Å². The first kappa shape index (κ1) is 20.3. The fraction of sp³-hybridized carbons (Fsp3) is 0.368. The molecule has 2 aromatic rings. The molecule has 1 aliphatic heterocycles. The highest BCUT2D eigenvalue weighted by molar-refractivity contribution is 7.13. The van der Waals surface area contributed by atoms with Gasteiger partial charge in [-0.2, -0.15) is 0 Å². The monoisotopic (exact) mass is 421 g/mol. The number of carbonyl (C=O) groups excluding carboxylic acids is 3. The van der Waals surface area contributed by atoms with Crippen molar-refractivity contribution in [1.29, 1.82) is 0 Å². The van der Waals surface area contributed by atoms with Crippen LogP contribution in [0.1, 0.15) is 24.6 Å². The molecule has 0 bridgehead atoms. The Hall–Kier alpha value is -2.45. The Morgan fingerprint density at radius 1 is 1.43 bits per heavy atom. The van der Waals surface area contributed by atoms with Gasteiger partial charge in [-0.1, -0.05) is 17.7 Å². The van der Waals surface area contributed by atoms with E-state index in [0.29, 0.717) is 28.1 Å². The molecule has 0 saturated carbocycles. The van der Waals surface area contributed by atoms with E-state index in [1.54, 1.807) is 23.3 Å². The van der Waals surface area contributed by atoms with Crippen molar-refractivity contribution in [3.05, 3.63) is 39.9 Å². The predicted octanol–water partition coefficient (Wildman–Crippen LogP) is 3.20. The Balaban J connectivity index is 1.61. The predicted molar refractivity (Wildman–Crippen MR) is 108 cm³/mol. The van der Waals surface area contributed by atoms with E-state index in [1.807, 2.05) is 19.1 Å². The molecule has 1 aromatic carbocycles. The number of hydrogen-bond acceptors (Lipinski definition) is 6. The van der Waals surface area contributed by atoms with Gasteiger partial charge in [-0.25, -0.2) is 4.98 Å². The fourth-order valence-corrected chi connectivity index (χ4v) is 3.78. The second-order valence-corrected chi connectivity index (χ2v) is 7.72. The van der Waals surface area contributed by atoms with Gasteiger partial charge in [0.25, 0.3) is 0 Å². The van der Waals surface area contributed by atoms with Crippen LogP contribution in [0.3, 0.4) is 0 Å². The molecule has 1 unspecified atom stereocenters. The molecule has 1 aromatic heterocycles. The van der Waals surface area contributed by atoms with Crippen molar-refractivity contribution >= 4 is 51.5 Å². The van der Waals surface area contributed by atoms with E-state index in [-0.39, 0.29) is 37.2 Å². The number of ether oxygens (including phenoxy) is 1. The van der Waals surface area contributed by atoms with Gasteiger partial charge < -0.3 is 15.0 Å². The van der Waals surface area contributed by atoms with Gasteiger partial charge in [0.15, 0.2) is 5.13 Å². The quantitative estimate of drug-likeness (QED) is 0.723. The molecule has 2 amide bonds. The number of amides is 2. The minimum absolute atomic E-state index is 0.0596. The maximum Gasteiger partial charge on any atom is 0.311 e. The third-order valence-corrected chi connectivity index (χ3v) is 5.59. The number of aryl methyl sites for hydroxylation is 1. The number of nitrogens with zero attached hydrogens (tertiary/aromatic N) is 2. The third kappa shape index (κ3) is 4.69. The van der Waals surface area contributed by atoms with Crippen molar-refractivity contribution in [3.63, 3.8) is 0 Å². The zero-order valence-electron chi connectivity index (χ0n) is 15.5. The Bertz CT molecular complexity index is 914. The topological polar surface area (TPSA) is 88.6 Å². The maximum absolute atomic E-state index is 12.6. The Kier molecular flexibility index (Phi) is 6.31. The van der Waals surface area contributed by atoms with Crippen LogP contribution in [-0.2, 0) is 25.5 Å². The standard InChI is InChI=1S/C19H20ClN3O4S/c1-3-27-17(25)7-13-10-28-19(21-13)22-18(26)12-6-16(24)23(9-12)14-5-4-11(2)15(20)8-14/h4-5,8,10,12H,3,6-7,9H2,1-2H3,(H,21,22,26). The number of nitrogens with one attached hydrogen (secondary N) is 1. The van der Waals surface area contributed by atoms with E-state index in [4.69, 9.17) is 16.3 Å². The highest BCUT2D eigenvalue weighted by Gasteiger charge is 2.35. The molecule has 2 heterocycles. The number of anilines is 2. The number of hydrogen-bond donors (Lipinski definition) is 1. The van der Waals surface area contributed by atoms with Crippen molar-refractivity contribution in [3.8, 4) is 0 Å². The number of rotatable bonds is 6. The Labute approximate surface area is 171 Å². The zero-order chi connectivity index (χ0) is 20.3. The summed E-state index contributed by atoms with van der Waals surface area (Å²) in [6, 6.07) is 5.40. The average Bonchev–Trinajstić information content (AvgIpc) is 3.24. The summed E-state index contributed by atoms with van der Waals surface area (Å²) in [7, 11) is 0. The van der Waals surface area contributed by atoms with Crippen molar-refractivity contribution in [2.75, 3.05) is 23.4 Å². The molecule has 0 radical (unpaired) electrons. The second-order valence-electron chi connectivity index (χ2n) is 6.45. The van der Waals surface area contributed by atoms with Crippen LogP contribution in [0.2, 0.25) is 5.02 Å². The van der Waals surface area contributed by atoms with Crippen LogP contribution in [0, 0.1) is 12.8 Å². The van der Waals surface area contributed by atoms with E-state index < -0.39 is 5.92 Å². The lowest BCUT2D eigenvalue weighted by atomic mass is 10.1. The summed E-state index contributed by atoms with van der Waals surface area (Å²) in [4.78, 5) is 42.2. The number of aromatic nitrogens is 1. The molecule has 9 heteroatoms. The second kappa shape index (κ2) is 8.70. The lowest BCUT2D eigenvalue weighted by Gasteiger charge is -2.17. The summed E-state index contributed by atoms with van der Waals surface area (Å²) in [6.45, 7) is 4.22. The van der Waals surface area contributed by atoms with Gasteiger partial charge in [0.2, 0.25) is 11.8 Å². The summed E-state index contributed by atoms with van der Waals surface area (Å²) in [5, 5.41) is 5.41. The van der Waals surface area contributed by atoms with E-state index in [1.165, 1.54) is 11.3 Å². The summed E-state index contributed by atoms with van der Waals surface area (Å²) >= 11 is 7.38. The van der Waals surface area contributed by atoms with Crippen LogP contribution in [0.4, 0.5) is 10.8 Å². The molecule has 28 heavy (non-hydrogen) atoms. The lowest BCUT2D eigenvalue weighted by molar-refractivity contribution is -0.142. The van der Waals surface area contributed by atoms with Crippen molar-refractivity contribution in [2.24, 2.45) is 5.92 Å². The molecule has 1 atom stereocenters. The molecule has 1 N–H and O–H groups in total. The van der Waals surface area contributed by atoms with Crippen molar-refractivity contribution in [1.82, 2.24) is 4.98 Å². The minimum atomic E-state index is -0.481. The normalized spacial score (nSPS) is 16.3. The maximum atomic E-state index is 12.6. The number of carbonyl (C=O) groups is 3. The van der Waals surface area contributed by atoms with Crippen LogP contribution in [0.5, 0.6) is 0 Å². The first-order valence-corrected chi connectivity index (χ1v) is 10.1. The van der Waals surface area contributed by atoms with E-state index in [0.717, 1.165) is 5.56 Å². The number of thiazole rings is 1. The molecule has 1 aliphatic rings. The van der Waals surface area contributed by atoms with Crippen LogP contribution >= 0.6 is 22.9 Å². The van der Waals surface area contributed by atoms with Crippen LogP contribution in [-0.4, -0.2) is 35.9 Å². The van der Waals surface area contributed by atoms with Gasteiger partial charge in [-0.3, -0.25) is 14.4 Å². The first-order valence-electron chi connectivity index (χ1n) is 8.84. The molecular formula is C19H20ClN3O4S. The smallest absolute Gasteiger partial charge is 0.311 e. The first-order chi connectivity index (χ1) is 13.4. The molecule has 0 aliphatic carbocycles. The molecule has 0 spiro atoms. The fourth-order valence-electron chi connectivity index (χ4n) is 2.90. The summed E-state index contributed by atoms with van der Waals surface area (Å²) < 4.78 is 4.88. The van der Waals surface area contributed by atoms with Gasteiger partial charge in [0.1, 0.15) is 0 Å². The SMILES string of the molecule is CCOC(=O)Cc1csc(NC(=O)C2CC(=O)N(c3ccc(C)c(Cl)c3)C2)n1. The summed E-state index contributed by atoms with van der Waals surface area (Å²) in [5.41, 5.74) is 2.15. The molecule has 148 valence electrons. The van der Waals surface area contributed by atoms with Gasteiger partial charge >= 0.3 is 5.97 Å². The van der Waals surface area contributed by atoms with Gasteiger partial charge in [0.05, 0.1) is 24.6 Å². The molecular weight excluding hydrogens is 402 g/mol. The highest BCUT2D eigenvalue weighted by atomic mass is 35.5. The molecule has 1 fully saturated rings. The van der Waals surface area contributed by atoms with Gasteiger partial charge in [-0.05, 0) is 31.5 Å². The molecule has 7 nitrogen and oxygen atoms in total. The summed E-state index contributed by atoms with van der Waals surface area (Å²) in [6.07, 6.45) is 0.183. The van der Waals surface area contributed by atoms with E-state index in [2.05, 4.69) is 10.3 Å². The third-order valence-electron chi connectivity index (χ3n) is 4.38. The van der Waals surface area contributed by atoms with Crippen LogP contribution in [0.15, 0.2) is 23.6 Å². The van der Waals surface area contributed by atoms with Crippen LogP contribution < -0.4 is 10.2 Å². The molecule has 1 saturated heterocycles. The number of benzene rings is 1.